The van der Waals surface area contributed by atoms with Gasteiger partial charge < -0.3 is 10.4 Å². The van der Waals surface area contributed by atoms with Crippen LogP contribution < -0.4 is 5.32 Å². The van der Waals surface area contributed by atoms with Crippen LogP contribution in [0.1, 0.15) is 34.1 Å². The van der Waals surface area contributed by atoms with E-state index in [1.54, 1.807) is 19.2 Å². The molecular formula is C13H22N2O3. The second kappa shape index (κ2) is 8.47. The van der Waals surface area contributed by atoms with Crippen LogP contribution in [0.25, 0.3) is 0 Å². The normalized spacial score (nSPS) is 15.3. The van der Waals surface area contributed by atoms with Gasteiger partial charge in [0.25, 0.3) is 0 Å². The van der Waals surface area contributed by atoms with Gasteiger partial charge in [0.2, 0.25) is 6.04 Å². The van der Waals surface area contributed by atoms with E-state index in [0.29, 0.717) is 5.57 Å². The summed E-state index contributed by atoms with van der Waals surface area (Å²) in [4.78, 5) is 10.2. The van der Waals surface area contributed by atoms with Crippen LogP contribution in [0.15, 0.2) is 35.6 Å². The van der Waals surface area contributed by atoms with Crippen molar-refractivity contribution in [1.82, 2.24) is 5.32 Å². The highest BCUT2D eigenvalue weighted by molar-refractivity contribution is 5.11. The number of nitro groups is 1. The first kappa shape index (κ1) is 16.4. The van der Waals surface area contributed by atoms with Gasteiger partial charge in [-0.15, -0.1) is 0 Å². The smallest absolute Gasteiger partial charge is 0.235 e. The summed E-state index contributed by atoms with van der Waals surface area (Å²) in [6.07, 6.45) is 6.80. The summed E-state index contributed by atoms with van der Waals surface area (Å²) < 4.78 is 0. The van der Waals surface area contributed by atoms with E-state index in [0.717, 1.165) is 6.42 Å². The zero-order valence-electron chi connectivity index (χ0n) is 11.4. The van der Waals surface area contributed by atoms with Gasteiger partial charge in [0.05, 0.1) is 0 Å². The van der Waals surface area contributed by atoms with Gasteiger partial charge in [-0.25, -0.2) is 0 Å². The van der Waals surface area contributed by atoms with E-state index in [1.165, 1.54) is 12.5 Å². The summed E-state index contributed by atoms with van der Waals surface area (Å²) in [5.74, 6) is 0. The van der Waals surface area contributed by atoms with E-state index in [4.69, 9.17) is 0 Å². The molecule has 0 aromatic rings. The maximum absolute atomic E-state index is 10.7. The van der Waals surface area contributed by atoms with Gasteiger partial charge in [0.15, 0.2) is 6.23 Å². The largest absolute Gasteiger partial charge is 0.370 e. The number of aliphatic hydroxyl groups excluding tert-OH is 1. The van der Waals surface area contributed by atoms with Gasteiger partial charge in [-0.1, -0.05) is 23.8 Å². The topological polar surface area (TPSA) is 75.4 Å². The average Bonchev–Trinajstić information content (AvgIpc) is 2.28. The third kappa shape index (κ3) is 6.20. The Morgan fingerprint density at radius 3 is 2.56 bits per heavy atom. The first-order valence-corrected chi connectivity index (χ1v) is 5.92. The molecule has 0 heterocycles. The van der Waals surface area contributed by atoms with Crippen molar-refractivity contribution in [3.05, 3.63) is 45.7 Å². The Balaban J connectivity index is 4.34. The van der Waals surface area contributed by atoms with E-state index in [-0.39, 0.29) is 0 Å². The van der Waals surface area contributed by atoms with Gasteiger partial charge in [-0.05, 0) is 33.4 Å². The lowest BCUT2D eigenvalue weighted by Crippen LogP contribution is -2.34. The highest BCUT2D eigenvalue weighted by Gasteiger charge is 2.24. The molecule has 0 rings (SSSR count). The van der Waals surface area contributed by atoms with Gasteiger partial charge in [-0.2, -0.15) is 0 Å². The molecule has 0 aliphatic heterocycles. The molecule has 18 heavy (non-hydrogen) atoms. The fourth-order valence-electron chi connectivity index (χ4n) is 1.38. The van der Waals surface area contributed by atoms with Gasteiger partial charge in [0, 0.05) is 17.4 Å². The molecule has 102 valence electrons. The number of allylic oxidation sites excluding steroid dienone is 4. The van der Waals surface area contributed by atoms with Crippen molar-refractivity contribution < 1.29 is 10.0 Å². The molecule has 0 aromatic heterocycles. The zero-order valence-corrected chi connectivity index (χ0v) is 11.4. The second-order valence-corrected chi connectivity index (χ2v) is 4.24. The molecule has 0 saturated carbocycles. The number of hydrogen-bond donors (Lipinski definition) is 2. The molecular weight excluding hydrogens is 232 g/mol. The van der Waals surface area contributed by atoms with E-state index in [1.807, 2.05) is 26.0 Å². The molecule has 0 spiro atoms. The lowest BCUT2D eigenvalue weighted by molar-refractivity contribution is -0.509. The molecule has 2 atom stereocenters. The minimum Gasteiger partial charge on any atom is -0.370 e. The maximum atomic E-state index is 10.7. The van der Waals surface area contributed by atoms with Crippen LogP contribution in [-0.2, 0) is 0 Å². The molecule has 5 nitrogen and oxygen atoms in total. The molecule has 0 aromatic carbocycles. The third-order valence-electron chi connectivity index (χ3n) is 2.48. The van der Waals surface area contributed by atoms with Gasteiger partial charge in [-0.3, -0.25) is 10.1 Å². The SMILES string of the molecule is C/C=C(/C(O)N/C=C/CC=C(C)C)C(C)[N+](=O)[O-]. The van der Waals surface area contributed by atoms with Crippen LogP contribution in [0.5, 0.6) is 0 Å². The molecule has 0 bridgehead atoms. The fraction of sp³-hybridized carbons (Fsp3) is 0.538. The second-order valence-electron chi connectivity index (χ2n) is 4.24. The van der Waals surface area contributed by atoms with Crippen LogP contribution in [0, 0.1) is 10.1 Å². The molecule has 2 unspecified atom stereocenters. The minimum atomic E-state index is -1.03. The quantitative estimate of drug-likeness (QED) is 0.316. The Labute approximate surface area is 108 Å². The number of nitrogens with zero attached hydrogens (tertiary/aromatic N) is 1. The Kier molecular flexibility index (Phi) is 7.71. The first-order valence-electron chi connectivity index (χ1n) is 5.92. The van der Waals surface area contributed by atoms with E-state index in [9.17, 15) is 15.2 Å². The van der Waals surface area contributed by atoms with Crippen molar-refractivity contribution in [2.75, 3.05) is 0 Å². The van der Waals surface area contributed by atoms with Crippen molar-refractivity contribution in [2.45, 2.75) is 46.4 Å². The summed E-state index contributed by atoms with van der Waals surface area (Å²) in [6.45, 7) is 7.14. The maximum Gasteiger partial charge on any atom is 0.235 e. The predicted molar refractivity (Wildman–Crippen MR) is 72.5 cm³/mol. The van der Waals surface area contributed by atoms with E-state index < -0.39 is 17.2 Å². The lowest BCUT2D eigenvalue weighted by atomic mass is 10.1. The number of aliphatic hydroxyl groups is 1. The van der Waals surface area contributed by atoms with Gasteiger partial charge in [0.1, 0.15) is 0 Å². The van der Waals surface area contributed by atoms with E-state index in [2.05, 4.69) is 5.32 Å². The molecule has 0 aliphatic carbocycles. The molecule has 0 amide bonds. The van der Waals surface area contributed by atoms with Crippen molar-refractivity contribution in [1.29, 1.82) is 0 Å². The first-order chi connectivity index (χ1) is 8.40. The molecule has 0 fully saturated rings. The molecule has 0 aliphatic rings. The van der Waals surface area contributed by atoms with Crippen molar-refractivity contribution in [3.63, 3.8) is 0 Å². The Morgan fingerprint density at radius 2 is 2.11 bits per heavy atom. The van der Waals surface area contributed by atoms with Crippen LogP contribution in [0.3, 0.4) is 0 Å². The Bertz CT molecular complexity index is 355. The molecule has 0 saturated heterocycles. The predicted octanol–water partition coefficient (Wildman–Crippen LogP) is 2.38. The summed E-state index contributed by atoms with van der Waals surface area (Å²) >= 11 is 0. The summed E-state index contributed by atoms with van der Waals surface area (Å²) in [6, 6.07) is -0.899. The van der Waals surface area contributed by atoms with Gasteiger partial charge >= 0.3 is 0 Å². The lowest BCUT2D eigenvalue weighted by Gasteiger charge is -2.15. The van der Waals surface area contributed by atoms with E-state index >= 15 is 0 Å². The summed E-state index contributed by atoms with van der Waals surface area (Å²) in [5, 5.41) is 23.2. The Hall–Kier alpha value is -1.62. The highest BCUT2D eigenvalue weighted by atomic mass is 16.6. The number of hydrogen-bond acceptors (Lipinski definition) is 4. The molecule has 2 N–H and O–H groups in total. The molecule has 0 radical (unpaired) electrons. The zero-order chi connectivity index (χ0) is 14.1. The summed E-state index contributed by atoms with van der Waals surface area (Å²) in [7, 11) is 0. The van der Waals surface area contributed by atoms with Crippen molar-refractivity contribution in [3.8, 4) is 0 Å². The van der Waals surface area contributed by atoms with Crippen LogP contribution >= 0.6 is 0 Å². The Morgan fingerprint density at radius 1 is 1.50 bits per heavy atom. The summed E-state index contributed by atoms with van der Waals surface area (Å²) in [5.41, 5.74) is 1.57. The molecule has 5 heteroatoms. The standard InChI is InChI=1S/C13H22N2O3/c1-5-12(11(4)15(17)18)13(16)14-9-7-6-8-10(2)3/h5,7-9,11,13-14,16H,6H2,1-4H3/b9-7+,12-5+. The fourth-order valence-corrected chi connectivity index (χ4v) is 1.38. The minimum absolute atomic E-state index is 0.354. The van der Waals surface area contributed by atoms with Crippen LogP contribution in [0.2, 0.25) is 0 Å². The average molecular weight is 254 g/mol. The number of nitrogens with one attached hydrogen (secondary N) is 1. The monoisotopic (exact) mass is 254 g/mol. The van der Waals surface area contributed by atoms with Crippen LogP contribution in [0.4, 0.5) is 0 Å². The van der Waals surface area contributed by atoms with Crippen molar-refractivity contribution in [2.24, 2.45) is 0 Å². The van der Waals surface area contributed by atoms with Crippen LogP contribution in [-0.4, -0.2) is 22.3 Å². The highest BCUT2D eigenvalue weighted by Crippen LogP contribution is 2.09. The van der Waals surface area contributed by atoms with Crippen molar-refractivity contribution >= 4 is 0 Å². The number of rotatable bonds is 7. The third-order valence-corrected chi connectivity index (χ3v) is 2.48.